The zero-order chi connectivity index (χ0) is 17.4. The van der Waals surface area contributed by atoms with E-state index >= 15 is 0 Å². The van der Waals surface area contributed by atoms with Crippen molar-refractivity contribution in [1.29, 1.82) is 0 Å². The van der Waals surface area contributed by atoms with Gasteiger partial charge in [0.05, 0.1) is 0 Å². The molecule has 0 fully saturated rings. The Kier molecular flexibility index (Phi) is 5.18. The molecular weight excluding hydrogens is 339 g/mol. The molecule has 0 spiro atoms. The van der Waals surface area contributed by atoms with Crippen LogP contribution in [0.25, 0.3) is 21.5 Å². The molecule has 1 aliphatic rings. The molecule has 0 unspecified atom stereocenters. The maximum Gasteiger partial charge on any atom is 1.00 e. The summed E-state index contributed by atoms with van der Waals surface area (Å²) in [7, 11) is 0. The third-order valence-corrected chi connectivity index (χ3v) is 4.08. The van der Waals surface area contributed by atoms with Crippen molar-refractivity contribution in [2.75, 3.05) is 0 Å². The van der Waals surface area contributed by atoms with Crippen LogP contribution in [0.15, 0.2) is 78.4 Å². The Balaban J connectivity index is 0.00000131. The summed E-state index contributed by atoms with van der Waals surface area (Å²) in [6.07, 6.45) is 3.21. The van der Waals surface area contributed by atoms with Crippen LogP contribution in [-0.2, 0) is 14.4 Å². The normalized spacial score (nSPS) is 13.5. The monoisotopic (exact) mass is 352 g/mol. The molecule has 0 atom stereocenters. The van der Waals surface area contributed by atoms with Crippen LogP contribution in [-0.4, -0.2) is 17.5 Å². The van der Waals surface area contributed by atoms with Crippen LogP contribution < -0.4 is 34.3 Å². The molecule has 0 aromatic heterocycles. The van der Waals surface area contributed by atoms with Gasteiger partial charge in [0.2, 0.25) is 0 Å². The maximum atomic E-state index is 12.3. The van der Waals surface area contributed by atoms with Crippen molar-refractivity contribution in [3.8, 4) is 5.75 Å². The van der Waals surface area contributed by atoms with Gasteiger partial charge in [-0.05, 0) is 46.5 Å². The summed E-state index contributed by atoms with van der Waals surface area (Å²) in [6, 6.07) is 17.2. The van der Waals surface area contributed by atoms with Crippen molar-refractivity contribution < 1.29 is 50.1 Å². The van der Waals surface area contributed by atoms with E-state index in [-0.39, 0.29) is 36.6 Å². The molecule has 5 heteroatoms. The van der Waals surface area contributed by atoms with Crippen LogP contribution in [0, 0.1) is 0 Å². The van der Waals surface area contributed by atoms with Crippen molar-refractivity contribution in [2.24, 2.45) is 0 Å². The number of rotatable bonds is 2. The summed E-state index contributed by atoms with van der Waals surface area (Å²) in [5.41, 5.74) is -0.259. The van der Waals surface area contributed by atoms with Gasteiger partial charge in [0.1, 0.15) is 11.3 Å². The molecule has 0 saturated heterocycles. The van der Waals surface area contributed by atoms with Crippen LogP contribution >= 0.6 is 0 Å². The summed E-state index contributed by atoms with van der Waals surface area (Å²) in [5.74, 6) is -1.42. The number of benzene rings is 3. The van der Waals surface area contributed by atoms with E-state index in [2.05, 4.69) is 0 Å². The largest absolute Gasteiger partial charge is 1.00 e. The van der Waals surface area contributed by atoms with Gasteiger partial charge >= 0.3 is 35.5 Å². The Morgan fingerprint density at radius 1 is 0.846 bits per heavy atom. The van der Waals surface area contributed by atoms with Crippen LogP contribution in [0.5, 0.6) is 5.75 Å². The van der Waals surface area contributed by atoms with E-state index in [0.29, 0.717) is 5.75 Å². The van der Waals surface area contributed by atoms with Gasteiger partial charge < -0.3 is 6.16 Å². The van der Waals surface area contributed by atoms with Gasteiger partial charge in [0.25, 0.3) is 0 Å². The molecule has 122 valence electrons. The summed E-state index contributed by atoms with van der Waals surface area (Å²) in [5, 5.41) is 3.79. The predicted molar refractivity (Wildman–Crippen MR) is 95.4 cm³/mol. The summed E-state index contributed by atoms with van der Waals surface area (Å²) < 4.78 is 5.42. The van der Waals surface area contributed by atoms with Gasteiger partial charge in [-0.25, -0.2) is 4.79 Å². The Labute approximate surface area is 172 Å². The second-order valence-electron chi connectivity index (χ2n) is 5.72. The zero-order valence-electron chi connectivity index (χ0n) is 15.1. The standard InChI is InChI=1S/C21H12O4.Na.H/c22-16-8-9-19(23)18(12-16)21(24)25-20-7-3-6-15-10-13-4-1-2-5-14(13)11-17(15)20;;/h1-12H;;/q;+1;-1. The minimum atomic E-state index is -0.830. The van der Waals surface area contributed by atoms with Crippen molar-refractivity contribution in [2.45, 2.75) is 0 Å². The fourth-order valence-electron chi connectivity index (χ4n) is 2.85. The second kappa shape index (κ2) is 7.38. The van der Waals surface area contributed by atoms with Gasteiger partial charge in [-0.15, -0.1) is 0 Å². The van der Waals surface area contributed by atoms with Gasteiger partial charge in [-0.1, -0.05) is 36.4 Å². The average Bonchev–Trinajstić information content (AvgIpc) is 2.62. The molecule has 4 nitrogen and oxygen atoms in total. The smallest absolute Gasteiger partial charge is 1.00 e. The van der Waals surface area contributed by atoms with Crippen molar-refractivity contribution in [1.82, 2.24) is 0 Å². The minimum absolute atomic E-state index is 0. The molecular formula is C21H13NaO4. The zero-order valence-corrected chi connectivity index (χ0v) is 16.1. The molecule has 4 rings (SSSR count). The fraction of sp³-hybridized carbons (Fsp3) is 0. The predicted octanol–water partition coefficient (Wildman–Crippen LogP) is 0.649. The Morgan fingerprint density at radius 2 is 1.54 bits per heavy atom. The maximum absolute atomic E-state index is 12.3. The van der Waals surface area contributed by atoms with Crippen LogP contribution in [0.1, 0.15) is 1.43 Å². The number of carbonyl (C=O) groups excluding carboxylic acids is 3. The van der Waals surface area contributed by atoms with E-state index in [1.807, 2.05) is 42.5 Å². The second-order valence-corrected chi connectivity index (χ2v) is 5.72. The van der Waals surface area contributed by atoms with E-state index in [1.165, 1.54) is 0 Å². The number of fused-ring (bicyclic) bond motifs is 2. The first-order chi connectivity index (χ1) is 12.1. The van der Waals surface area contributed by atoms with Crippen LogP contribution in [0.2, 0.25) is 0 Å². The number of allylic oxidation sites excluding steroid dienone is 3. The quantitative estimate of drug-likeness (QED) is 0.170. The Hall–Kier alpha value is -2.53. The van der Waals surface area contributed by atoms with E-state index < -0.39 is 17.5 Å². The number of carbonyl (C=O) groups is 3. The third-order valence-electron chi connectivity index (χ3n) is 4.08. The molecule has 0 saturated carbocycles. The number of ether oxygens (including phenoxy) is 1. The van der Waals surface area contributed by atoms with E-state index in [1.54, 1.807) is 12.1 Å². The Bertz CT molecular complexity index is 1130. The first-order valence-corrected chi connectivity index (χ1v) is 7.73. The molecule has 26 heavy (non-hydrogen) atoms. The van der Waals surface area contributed by atoms with Crippen molar-refractivity contribution in [3.05, 3.63) is 78.4 Å². The van der Waals surface area contributed by atoms with Crippen LogP contribution in [0.4, 0.5) is 0 Å². The Morgan fingerprint density at radius 3 is 2.31 bits per heavy atom. The summed E-state index contributed by atoms with van der Waals surface area (Å²) in [4.78, 5) is 35.5. The third kappa shape index (κ3) is 3.40. The van der Waals surface area contributed by atoms with E-state index in [4.69, 9.17) is 4.74 Å². The molecule has 0 bridgehead atoms. The molecule has 0 heterocycles. The summed E-state index contributed by atoms with van der Waals surface area (Å²) in [6.45, 7) is 0. The molecule has 0 radical (unpaired) electrons. The van der Waals surface area contributed by atoms with Gasteiger partial charge in [-0.3, -0.25) is 9.59 Å². The minimum Gasteiger partial charge on any atom is -1.00 e. The number of hydrogen-bond donors (Lipinski definition) is 0. The van der Waals surface area contributed by atoms with Gasteiger partial charge in [-0.2, -0.15) is 0 Å². The topological polar surface area (TPSA) is 60.4 Å². The molecule has 0 aliphatic heterocycles. The molecule has 3 aromatic rings. The summed E-state index contributed by atoms with van der Waals surface area (Å²) >= 11 is 0. The molecule has 3 aromatic carbocycles. The van der Waals surface area contributed by atoms with E-state index in [9.17, 15) is 14.4 Å². The molecule has 1 aliphatic carbocycles. The molecule has 0 N–H and O–H groups in total. The number of esters is 1. The van der Waals surface area contributed by atoms with Gasteiger partial charge in [0, 0.05) is 11.5 Å². The van der Waals surface area contributed by atoms with E-state index in [0.717, 1.165) is 39.8 Å². The number of hydrogen-bond acceptors (Lipinski definition) is 4. The first kappa shape index (κ1) is 18.3. The molecule has 0 amide bonds. The van der Waals surface area contributed by atoms with Gasteiger partial charge in [0.15, 0.2) is 11.6 Å². The van der Waals surface area contributed by atoms with Crippen molar-refractivity contribution >= 4 is 39.1 Å². The SMILES string of the molecule is O=C1C=CC(=O)C(C(=O)Oc2cccc3cc4ccccc4cc23)=C1.[H-].[Na+]. The van der Waals surface area contributed by atoms with Crippen molar-refractivity contribution in [3.63, 3.8) is 0 Å². The number of ketones is 2. The van der Waals surface area contributed by atoms with Crippen LogP contribution in [0.3, 0.4) is 0 Å². The fourth-order valence-corrected chi connectivity index (χ4v) is 2.85. The average molecular weight is 352 g/mol. The first-order valence-electron chi connectivity index (χ1n) is 7.73.